The Morgan fingerprint density at radius 1 is 1.56 bits per heavy atom. The average Bonchev–Trinajstić information content (AvgIpc) is 2.29. The molecule has 0 N–H and O–H groups in total. The maximum atomic E-state index is 13.4. The summed E-state index contributed by atoms with van der Waals surface area (Å²) in [4.78, 5) is 11.1. The third-order valence-corrected chi connectivity index (χ3v) is 1.77. The minimum absolute atomic E-state index is 0.0837. The first-order chi connectivity index (χ1) is 7.69. The molecule has 0 spiro atoms. The van der Waals surface area contributed by atoms with Gasteiger partial charge < -0.3 is 4.74 Å². The summed E-state index contributed by atoms with van der Waals surface area (Å²) in [6, 6.07) is 5.79. The molecular formula is C12H8FNO2. The lowest BCUT2D eigenvalue weighted by Crippen LogP contribution is -2.04. The van der Waals surface area contributed by atoms with Gasteiger partial charge >= 0.3 is 5.97 Å². The third-order valence-electron chi connectivity index (χ3n) is 1.77. The van der Waals surface area contributed by atoms with Gasteiger partial charge in [-0.15, -0.1) is 0 Å². The molecule has 1 aromatic carbocycles. The van der Waals surface area contributed by atoms with Crippen molar-refractivity contribution in [1.29, 1.82) is 5.26 Å². The van der Waals surface area contributed by atoms with Crippen molar-refractivity contribution in [2.75, 3.05) is 7.11 Å². The van der Waals surface area contributed by atoms with Crippen molar-refractivity contribution in [1.82, 2.24) is 0 Å². The van der Waals surface area contributed by atoms with Gasteiger partial charge in [-0.05, 0) is 18.2 Å². The first-order valence-electron chi connectivity index (χ1n) is 4.42. The van der Waals surface area contributed by atoms with Gasteiger partial charge in [0.15, 0.2) is 0 Å². The number of esters is 1. The number of carbonyl (C=O) groups excluding carboxylic acids is 1. The molecule has 0 unspecified atom stereocenters. The summed E-state index contributed by atoms with van der Waals surface area (Å²) in [5.41, 5.74) is 0.286. The van der Waals surface area contributed by atoms with E-state index >= 15 is 0 Å². The summed E-state index contributed by atoms with van der Waals surface area (Å²) in [6.07, 6.45) is 0.0837. The Hall–Kier alpha value is -2.33. The summed E-state index contributed by atoms with van der Waals surface area (Å²) >= 11 is 0. The van der Waals surface area contributed by atoms with Gasteiger partial charge in [0.2, 0.25) is 0 Å². The van der Waals surface area contributed by atoms with Crippen molar-refractivity contribution in [2.45, 2.75) is 6.42 Å². The van der Waals surface area contributed by atoms with Crippen molar-refractivity contribution in [3.05, 3.63) is 35.1 Å². The number of halogens is 1. The lowest BCUT2D eigenvalue weighted by molar-refractivity contribution is 0.0595. The minimum Gasteiger partial charge on any atom is -0.465 e. The first-order valence-corrected chi connectivity index (χ1v) is 4.42. The normalized spacial score (nSPS) is 8.56. The molecule has 1 aromatic rings. The number of rotatable bonds is 1. The van der Waals surface area contributed by atoms with E-state index in [1.165, 1.54) is 19.2 Å². The van der Waals surface area contributed by atoms with Crippen LogP contribution >= 0.6 is 0 Å². The van der Waals surface area contributed by atoms with Crippen LogP contribution in [0.1, 0.15) is 22.3 Å². The molecule has 0 amide bonds. The van der Waals surface area contributed by atoms with E-state index in [1.54, 1.807) is 0 Å². The summed E-state index contributed by atoms with van der Waals surface area (Å²) < 4.78 is 17.8. The topological polar surface area (TPSA) is 50.1 Å². The van der Waals surface area contributed by atoms with E-state index in [0.717, 1.165) is 6.07 Å². The Morgan fingerprint density at radius 2 is 2.31 bits per heavy atom. The van der Waals surface area contributed by atoms with Gasteiger partial charge in [-0.2, -0.15) is 5.26 Å². The van der Waals surface area contributed by atoms with Crippen LogP contribution in [0.15, 0.2) is 18.2 Å². The number of nitrogens with zero attached hydrogens (tertiary/aromatic N) is 1. The number of ether oxygens (including phenoxy) is 1. The molecule has 0 aliphatic carbocycles. The van der Waals surface area contributed by atoms with E-state index in [1.807, 2.05) is 6.07 Å². The van der Waals surface area contributed by atoms with Crippen LogP contribution in [0.3, 0.4) is 0 Å². The minimum atomic E-state index is -0.728. The molecule has 4 heteroatoms. The van der Waals surface area contributed by atoms with E-state index < -0.39 is 11.8 Å². The summed E-state index contributed by atoms with van der Waals surface area (Å²) in [7, 11) is 1.18. The van der Waals surface area contributed by atoms with Crippen molar-refractivity contribution >= 4 is 5.97 Å². The van der Waals surface area contributed by atoms with E-state index in [4.69, 9.17) is 5.26 Å². The number of hydrogen-bond donors (Lipinski definition) is 0. The van der Waals surface area contributed by atoms with Crippen molar-refractivity contribution < 1.29 is 13.9 Å². The van der Waals surface area contributed by atoms with Gasteiger partial charge in [0.05, 0.1) is 25.2 Å². The quantitative estimate of drug-likeness (QED) is 0.533. The standard InChI is InChI=1S/C12H8FNO2/c1-16-12(15)10-6-5-9(8-11(10)13)4-2-3-7-14/h5-6,8H,3H2,1H3. The predicted octanol–water partition coefficient (Wildman–Crippen LogP) is 1.88. The Balaban J connectivity index is 2.98. The molecule has 0 aliphatic heterocycles. The second-order valence-corrected chi connectivity index (χ2v) is 2.82. The van der Waals surface area contributed by atoms with Gasteiger partial charge in [0, 0.05) is 5.56 Å². The molecular weight excluding hydrogens is 209 g/mol. The molecule has 0 saturated heterocycles. The molecule has 1 rings (SSSR count). The number of methoxy groups -OCH3 is 1. The zero-order chi connectivity index (χ0) is 12.0. The van der Waals surface area contributed by atoms with Crippen LogP contribution in [0.25, 0.3) is 0 Å². The Labute approximate surface area is 92.5 Å². The molecule has 0 radical (unpaired) electrons. The van der Waals surface area contributed by atoms with E-state index in [-0.39, 0.29) is 12.0 Å². The van der Waals surface area contributed by atoms with Crippen molar-refractivity contribution in [3.63, 3.8) is 0 Å². The molecule has 0 saturated carbocycles. The average molecular weight is 217 g/mol. The van der Waals surface area contributed by atoms with Crippen LogP contribution in [0.4, 0.5) is 4.39 Å². The maximum absolute atomic E-state index is 13.4. The molecule has 80 valence electrons. The zero-order valence-corrected chi connectivity index (χ0v) is 8.58. The highest BCUT2D eigenvalue weighted by atomic mass is 19.1. The van der Waals surface area contributed by atoms with E-state index in [9.17, 15) is 9.18 Å². The molecule has 0 atom stereocenters. The third kappa shape index (κ3) is 2.83. The van der Waals surface area contributed by atoms with Crippen LogP contribution < -0.4 is 0 Å². The molecule has 0 fully saturated rings. The van der Waals surface area contributed by atoms with E-state index in [0.29, 0.717) is 5.56 Å². The summed E-state index contributed by atoms with van der Waals surface area (Å²) in [5, 5.41) is 8.26. The smallest absolute Gasteiger partial charge is 0.340 e. The van der Waals surface area contributed by atoms with Gasteiger partial charge in [-0.1, -0.05) is 11.8 Å². The number of carbonyl (C=O) groups is 1. The summed E-state index contributed by atoms with van der Waals surface area (Å²) in [6.45, 7) is 0. The van der Waals surface area contributed by atoms with Crippen LogP contribution in [0.5, 0.6) is 0 Å². The highest BCUT2D eigenvalue weighted by Crippen LogP contribution is 2.10. The predicted molar refractivity (Wildman–Crippen MR) is 54.8 cm³/mol. The van der Waals surface area contributed by atoms with Crippen LogP contribution in [0, 0.1) is 29.0 Å². The van der Waals surface area contributed by atoms with Crippen LogP contribution in [-0.4, -0.2) is 13.1 Å². The van der Waals surface area contributed by atoms with Crippen molar-refractivity contribution in [2.24, 2.45) is 0 Å². The Bertz CT molecular complexity index is 506. The molecule has 0 heterocycles. The largest absolute Gasteiger partial charge is 0.465 e. The molecule has 0 aromatic heterocycles. The highest BCUT2D eigenvalue weighted by Gasteiger charge is 2.11. The fourth-order valence-corrected chi connectivity index (χ4v) is 1.05. The van der Waals surface area contributed by atoms with E-state index in [2.05, 4.69) is 16.6 Å². The number of nitriles is 1. The lowest BCUT2D eigenvalue weighted by Gasteiger charge is -2.00. The molecule has 16 heavy (non-hydrogen) atoms. The van der Waals surface area contributed by atoms with Gasteiger partial charge in [0.25, 0.3) is 0 Å². The highest BCUT2D eigenvalue weighted by molar-refractivity contribution is 5.89. The van der Waals surface area contributed by atoms with Gasteiger partial charge in [-0.25, -0.2) is 9.18 Å². The number of benzene rings is 1. The summed E-state index contributed by atoms with van der Waals surface area (Å²) in [5.74, 6) is 3.74. The van der Waals surface area contributed by atoms with Crippen LogP contribution in [0.2, 0.25) is 0 Å². The first kappa shape index (κ1) is 11.7. The van der Waals surface area contributed by atoms with Gasteiger partial charge in [0.1, 0.15) is 5.82 Å². The second kappa shape index (κ2) is 5.53. The zero-order valence-electron chi connectivity index (χ0n) is 8.58. The number of hydrogen-bond acceptors (Lipinski definition) is 3. The molecule has 0 aliphatic rings. The molecule has 3 nitrogen and oxygen atoms in total. The SMILES string of the molecule is COC(=O)c1ccc(C#CCC#N)cc1F. The van der Waals surface area contributed by atoms with Crippen molar-refractivity contribution in [3.8, 4) is 17.9 Å². The second-order valence-electron chi connectivity index (χ2n) is 2.82. The fraction of sp³-hybridized carbons (Fsp3) is 0.167. The fourth-order valence-electron chi connectivity index (χ4n) is 1.05. The Kier molecular flexibility index (Phi) is 4.06. The monoisotopic (exact) mass is 217 g/mol. The van der Waals surface area contributed by atoms with Gasteiger partial charge in [-0.3, -0.25) is 0 Å². The lowest BCUT2D eigenvalue weighted by atomic mass is 10.1. The van der Waals surface area contributed by atoms with Crippen LogP contribution in [-0.2, 0) is 4.74 Å². The molecule has 0 bridgehead atoms. The maximum Gasteiger partial charge on any atom is 0.340 e. The Morgan fingerprint density at radius 3 is 2.88 bits per heavy atom.